The molecule has 0 saturated carbocycles. The van der Waals surface area contributed by atoms with E-state index in [1.165, 1.54) is 11.3 Å². The first-order valence-corrected chi connectivity index (χ1v) is 6.40. The smallest absolute Gasteiger partial charge is 0.148 e. The maximum Gasteiger partial charge on any atom is 0.148 e. The van der Waals surface area contributed by atoms with Gasteiger partial charge >= 0.3 is 0 Å². The van der Waals surface area contributed by atoms with Gasteiger partial charge in [0.15, 0.2) is 0 Å². The highest BCUT2D eigenvalue weighted by Crippen LogP contribution is 2.30. The number of H-pyrrole nitrogens is 1. The third-order valence-corrected chi connectivity index (χ3v) is 3.83. The van der Waals surface area contributed by atoms with Crippen LogP contribution in [0.25, 0.3) is 21.7 Å². The first kappa shape index (κ1) is 10.8. The number of rotatable bonds is 2. The molecule has 5 heteroatoms. The molecule has 0 fully saturated rings. The van der Waals surface area contributed by atoms with Crippen molar-refractivity contribution >= 4 is 34.0 Å². The molecule has 0 bridgehead atoms. The number of aromatic amines is 1. The van der Waals surface area contributed by atoms with Crippen molar-refractivity contribution < 1.29 is 0 Å². The molecule has 3 nitrogen and oxygen atoms in total. The van der Waals surface area contributed by atoms with Crippen LogP contribution in [0.3, 0.4) is 0 Å². The van der Waals surface area contributed by atoms with Gasteiger partial charge < -0.3 is 10.7 Å². The van der Waals surface area contributed by atoms with Crippen LogP contribution in [0, 0.1) is 0 Å². The number of thiophene rings is 1. The van der Waals surface area contributed by atoms with Crippen molar-refractivity contribution in [3.63, 3.8) is 0 Å². The molecule has 0 aliphatic rings. The van der Waals surface area contributed by atoms with Gasteiger partial charge in [-0.05, 0) is 29.8 Å². The average molecular weight is 264 g/mol. The number of benzene rings is 1. The molecule has 0 atom stereocenters. The van der Waals surface area contributed by atoms with Gasteiger partial charge in [-0.2, -0.15) is 0 Å². The van der Waals surface area contributed by atoms with Gasteiger partial charge in [0.05, 0.1) is 20.2 Å². The summed E-state index contributed by atoms with van der Waals surface area (Å²) in [6, 6.07) is 9.86. The van der Waals surface area contributed by atoms with Gasteiger partial charge in [0.2, 0.25) is 0 Å². The molecular weight excluding hydrogens is 254 g/mol. The Kier molecular flexibility index (Phi) is 2.63. The predicted molar refractivity (Wildman–Crippen MR) is 72.3 cm³/mol. The third-order valence-electron chi connectivity index (χ3n) is 2.59. The molecule has 2 aromatic heterocycles. The van der Waals surface area contributed by atoms with Gasteiger partial charge in [-0.15, -0.1) is 11.3 Å². The summed E-state index contributed by atoms with van der Waals surface area (Å²) in [5, 5.41) is 0. The second-order valence-corrected chi connectivity index (χ2v) is 5.46. The number of imidazole rings is 1. The van der Waals surface area contributed by atoms with Crippen molar-refractivity contribution in [3.8, 4) is 10.7 Å². The van der Waals surface area contributed by atoms with Crippen LogP contribution in [0.4, 0.5) is 0 Å². The number of aromatic nitrogens is 2. The molecule has 2 heterocycles. The highest BCUT2D eigenvalue weighted by atomic mass is 35.5. The first-order chi connectivity index (χ1) is 8.26. The molecule has 0 saturated heterocycles. The molecule has 86 valence electrons. The standard InChI is InChI=1S/C12H10ClN3S/c13-11-4-3-10(17-11)12-15-8-2-1-7(6-14)5-9(8)16-12/h1-5H,6,14H2,(H,15,16). The van der Waals surface area contributed by atoms with Crippen LogP contribution in [0.5, 0.6) is 0 Å². The summed E-state index contributed by atoms with van der Waals surface area (Å²) in [6.45, 7) is 0.531. The molecule has 0 radical (unpaired) electrons. The molecule has 17 heavy (non-hydrogen) atoms. The van der Waals surface area contributed by atoms with Crippen molar-refractivity contribution in [2.45, 2.75) is 6.54 Å². The highest BCUT2D eigenvalue weighted by Gasteiger charge is 2.07. The largest absolute Gasteiger partial charge is 0.337 e. The van der Waals surface area contributed by atoms with Crippen molar-refractivity contribution in [3.05, 3.63) is 40.2 Å². The van der Waals surface area contributed by atoms with Gasteiger partial charge in [-0.1, -0.05) is 17.7 Å². The van der Waals surface area contributed by atoms with Crippen LogP contribution in [0.15, 0.2) is 30.3 Å². The third kappa shape index (κ3) is 1.95. The molecule has 3 rings (SSSR count). The van der Waals surface area contributed by atoms with E-state index in [0.717, 1.165) is 31.6 Å². The minimum Gasteiger partial charge on any atom is -0.337 e. The monoisotopic (exact) mass is 263 g/mol. The van der Waals surface area contributed by atoms with E-state index in [9.17, 15) is 0 Å². The minimum atomic E-state index is 0.531. The minimum absolute atomic E-state index is 0.531. The zero-order valence-corrected chi connectivity index (χ0v) is 10.5. The fourth-order valence-electron chi connectivity index (χ4n) is 1.74. The van der Waals surface area contributed by atoms with Crippen molar-refractivity contribution in [2.75, 3.05) is 0 Å². The normalized spacial score (nSPS) is 11.2. The van der Waals surface area contributed by atoms with Crippen LogP contribution in [0.2, 0.25) is 4.34 Å². The summed E-state index contributed by atoms with van der Waals surface area (Å²) in [5.41, 5.74) is 8.64. The summed E-state index contributed by atoms with van der Waals surface area (Å²) in [5.74, 6) is 0.853. The highest BCUT2D eigenvalue weighted by molar-refractivity contribution is 7.19. The van der Waals surface area contributed by atoms with Crippen LogP contribution in [0.1, 0.15) is 5.56 Å². The fourth-order valence-corrected chi connectivity index (χ4v) is 2.72. The molecule has 0 unspecified atom stereocenters. The number of halogens is 1. The van der Waals surface area contributed by atoms with Crippen molar-refractivity contribution in [2.24, 2.45) is 5.73 Å². The number of fused-ring (bicyclic) bond motifs is 1. The number of nitrogens with zero attached hydrogens (tertiary/aromatic N) is 1. The lowest BCUT2D eigenvalue weighted by atomic mass is 10.2. The molecular formula is C12H10ClN3S. The maximum absolute atomic E-state index is 5.92. The topological polar surface area (TPSA) is 54.7 Å². The number of hydrogen-bond donors (Lipinski definition) is 2. The van der Waals surface area contributed by atoms with E-state index in [0.29, 0.717) is 6.54 Å². The summed E-state index contributed by atoms with van der Waals surface area (Å²) in [7, 11) is 0. The van der Waals surface area contributed by atoms with Gasteiger partial charge in [0.1, 0.15) is 5.82 Å². The average Bonchev–Trinajstić information content (AvgIpc) is 2.93. The fraction of sp³-hybridized carbons (Fsp3) is 0.0833. The number of nitrogens with one attached hydrogen (secondary N) is 1. The lowest BCUT2D eigenvalue weighted by molar-refractivity contribution is 1.07. The quantitative estimate of drug-likeness (QED) is 0.744. The Morgan fingerprint density at radius 2 is 2.18 bits per heavy atom. The van der Waals surface area contributed by atoms with E-state index in [-0.39, 0.29) is 0 Å². The van der Waals surface area contributed by atoms with Gasteiger partial charge in [-0.3, -0.25) is 0 Å². The summed E-state index contributed by atoms with van der Waals surface area (Å²) >= 11 is 7.43. The second-order valence-electron chi connectivity index (χ2n) is 3.74. The zero-order chi connectivity index (χ0) is 11.8. The Hall–Kier alpha value is -1.36. The van der Waals surface area contributed by atoms with E-state index >= 15 is 0 Å². The Bertz CT molecular complexity index is 671. The van der Waals surface area contributed by atoms with E-state index < -0.39 is 0 Å². The van der Waals surface area contributed by atoms with Gasteiger partial charge in [-0.25, -0.2) is 4.98 Å². The number of hydrogen-bond acceptors (Lipinski definition) is 3. The summed E-state index contributed by atoms with van der Waals surface area (Å²) in [4.78, 5) is 8.86. The van der Waals surface area contributed by atoms with E-state index in [2.05, 4.69) is 9.97 Å². The van der Waals surface area contributed by atoms with Crippen LogP contribution in [-0.2, 0) is 6.54 Å². The Morgan fingerprint density at radius 3 is 2.88 bits per heavy atom. The molecule has 0 spiro atoms. The van der Waals surface area contributed by atoms with E-state index in [1.807, 2.05) is 30.3 Å². The number of nitrogens with two attached hydrogens (primary N) is 1. The molecule has 0 aliphatic heterocycles. The SMILES string of the molecule is NCc1ccc2[nH]c(-c3ccc(Cl)s3)nc2c1. The van der Waals surface area contributed by atoms with Gasteiger partial charge in [0.25, 0.3) is 0 Å². The molecule has 3 N–H and O–H groups in total. The van der Waals surface area contributed by atoms with E-state index in [1.54, 1.807) is 0 Å². The molecule has 3 aromatic rings. The van der Waals surface area contributed by atoms with Crippen molar-refractivity contribution in [1.82, 2.24) is 9.97 Å². The summed E-state index contributed by atoms with van der Waals surface area (Å²) < 4.78 is 0.767. The van der Waals surface area contributed by atoms with Gasteiger partial charge in [0, 0.05) is 6.54 Å². The molecule has 1 aromatic carbocycles. The predicted octanol–water partition coefficient (Wildman–Crippen LogP) is 3.40. The lowest BCUT2D eigenvalue weighted by Crippen LogP contribution is -1.95. The molecule has 0 aliphatic carbocycles. The lowest BCUT2D eigenvalue weighted by Gasteiger charge is -1.93. The first-order valence-electron chi connectivity index (χ1n) is 5.20. The Balaban J connectivity index is 2.13. The zero-order valence-electron chi connectivity index (χ0n) is 8.90. The van der Waals surface area contributed by atoms with Crippen LogP contribution < -0.4 is 5.73 Å². The van der Waals surface area contributed by atoms with Crippen LogP contribution >= 0.6 is 22.9 Å². The maximum atomic E-state index is 5.92. The Labute approximate surface area is 107 Å². The van der Waals surface area contributed by atoms with Crippen LogP contribution in [-0.4, -0.2) is 9.97 Å². The second kappa shape index (κ2) is 4.14. The van der Waals surface area contributed by atoms with Crippen molar-refractivity contribution in [1.29, 1.82) is 0 Å². The molecule has 0 amide bonds. The van der Waals surface area contributed by atoms with E-state index in [4.69, 9.17) is 17.3 Å². The Morgan fingerprint density at radius 1 is 1.29 bits per heavy atom. The summed E-state index contributed by atoms with van der Waals surface area (Å²) in [6.07, 6.45) is 0.